The average Bonchev–Trinajstić information content (AvgIpc) is 3.15. The van der Waals surface area contributed by atoms with Crippen LogP contribution in [0.25, 0.3) is 11.5 Å². The van der Waals surface area contributed by atoms with Crippen LogP contribution in [0.2, 0.25) is 10.0 Å². The van der Waals surface area contributed by atoms with E-state index in [2.05, 4.69) is 15.2 Å². The highest BCUT2D eigenvalue weighted by molar-refractivity contribution is 6.32. The van der Waals surface area contributed by atoms with Crippen molar-refractivity contribution in [1.82, 2.24) is 15.2 Å². The van der Waals surface area contributed by atoms with E-state index in [-0.39, 0.29) is 34.4 Å². The topological polar surface area (TPSA) is 87.1 Å². The number of halogens is 3. The van der Waals surface area contributed by atoms with Gasteiger partial charge in [0.1, 0.15) is 5.75 Å². The first-order valence-corrected chi connectivity index (χ1v) is 9.60. The molecule has 0 radical (unpaired) electrons. The van der Waals surface area contributed by atoms with Gasteiger partial charge in [0.25, 0.3) is 0 Å². The fraction of sp³-hybridized carbons (Fsp3) is 0.0952. The van der Waals surface area contributed by atoms with E-state index >= 15 is 4.39 Å². The van der Waals surface area contributed by atoms with Gasteiger partial charge in [0.05, 0.1) is 17.0 Å². The van der Waals surface area contributed by atoms with Crippen molar-refractivity contribution >= 4 is 28.9 Å². The zero-order valence-electron chi connectivity index (χ0n) is 15.7. The minimum absolute atomic E-state index is 0.0589. The average molecular weight is 445 g/mol. The zero-order valence-corrected chi connectivity index (χ0v) is 17.2. The molecule has 9 heteroatoms. The second kappa shape index (κ2) is 8.30. The molecule has 0 amide bonds. The van der Waals surface area contributed by atoms with E-state index in [1.54, 1.807) is 18.5 Å². The van der Waals surface area contributed by atoms with Gasteiger partial charge in [0.15, 0.2) is 11.6 Å². The minimum atomic E-state index is -0.640. The van der Waals surface area contributed by atoms with Crippen LogP contribution in [0.4, 0.5) is 10.1 Å². The van der Waals surface area contributed by atoms with Crippen molar-refractivity contribution in [2.24, 2.45) is 0 Å². The van der Waals surface area contributed by atoms with Gasteiger partial charge in [0, 0.05) is 34.7 Å². The van der Waals surface area contributed by atoms with Crippen LogP contribution in [0.1, 0.15) is 17.0 Å². The predicted octanol–water partition coefficient (Wildman–Crippen LogP) is 5.85. The third-order valence-corrected chi connectivity index (χ3v) is 4.84. The maximum Gasteiger partial charge on any atom is 0.249 e. The monoisotopic (exact) mass is 444 g/mol. The molecule has 6 nitrogen and oxygen atoms in total. The summed E-state index contributed by atoms with van der Waals surface area (Å²) in [6.45, 7) is 1.91. The Morgan fingerprint density at radius 2 is 1.97 bits per heavy atom. The van der Waals surface area contributed by atoms with E-state index in [4.69, 9.17) is 38.1 Å². The van der Waals surface area contributed by atoms with E-state index in [0.29, 0.717) is 16.6 Å². The summed E-state index contributed by atoms with van der Waals surface area (Å²) in [5.74, 6) is 0.0467. The molecule has 2 N–H and O–H groups in total. The molecule has 2 aromatic heterocycles. The highest BCUT2D eigenvalue weighted by atomic mass is 35.5. The lowest BCUT2D eigenvalue weighted by molar-refractivity contribution is 0.437. The number of aromatic nitrogens is 3. The number of nitrogens with two attached hydrogens (primary N) is 1. The fourth-order valence-corrected chi connectivity index (χ4v) is 3.27. The Morgan fingerprint density at radius 3 is 2.73 bits per heavy atom. The molecule has 0 saturated heterocycles. The lowest BCUT2D eigenvalue weighted by Crippen LogP contribution is -1.98. The largest absolute Gasteiger partial charge is 0.453 e. The summed E-state index contributed by atoms with van der Waals surface area (Å²) in [6, 6.07) is 9.50. The molecule has 2 aromatic carbocycles. The van der Waals surface area contributed by atoms with Crippen molar-refractivity contribution in [2.45, 2.75) is 13.3 Å². The van der Waals surface area contributed by atoms with Gasteiger partial charge in [-0.2, -0.15) is 0 Å². The first-order chi connectivity index (χ1) is 14.4. The van der Waals surface area contributed by atoms with Crippen molar-refractivity contribution in [3.63, 3.8) is 0 Å². The van der Waals surface area contributed by atoms with Crippen LogP contribution in [0, 0.1) is 12.7 Å². The lowest BCUT2D eigenvalue weighted by Gasteiger charge is -2.12. The Kier molecular flexibility index (Phi) is 5.57. The number of hydrogen-bond acceptors (Lipinski definition) is 6. The predicted molar refractivity (Wildman–Crippen MR) is 112 cm³/mol. The number of nitrogens with zero attached hydrogens (tertiary/aromatic N) is 3. The van der Waals surface area contributed by atoms with Crippen molar-refractivity contribution in [3.8, 4) is 23.0 Å². The van der Waals surface area contributed by atoms with Gasteiger partial charge in [-0.1, -0.05) is 29.3 Å². The summed E-state index contributed by atoms with van der Waals surface area (Å²) in [7, 11) is 0. The molecule has 0 aliphatic carbocycles. The molecule has 0 bridgehead atoms. The Morgan fingerprint density at radius 1 is 1.13 bits per heavy atom. The summed E-state index contributed by atoms with van der Waals surface area (Å²) in [4.78, 5) is 4.07. The van der Waals surface area contributed by atoms with E-state index in [1.807, 2.05) is 13.0 Å². The Hall–Kier alpha value is -3.16. The summed E-state index contributed by atoms with van der Waals surface area (Å²) in [5.41, 5.74) is 8.08. The quantitative estimate of drug-likeness (QED) is 0.388. The number of ether oxygens (including phenoxy) is 1. The maximum absolute atomic E-state index is 15.1. The van der Waals surface area contributed by atoms with Gasteiger partial charge < -0.3 is 14.9 Å². The third-order valence-electron chi connectivity index (χ3n) is 4.32. The van der Waals surface area contributed by atoms with E-state index < -0.39 is 5.82 Å². The van der Waals surface area contributed by atoms with Crippen LogP contribution in [-0.2, 0) is 6.42 Å². The molecule has 2 heterocycles. The lowest BCUT2D eigenvalue weighted by atomic mass is 10.1. The van der Waals surface area contributed by atoms with Gasteiger partial charge >= 0.3 is 0 Å². The van der Waals surface area contributed by atoms with Crippen molar-refractivity contribution in [2.75, 3.05) is 5.73 Å². The number of aryl methyl sites for hydroxylation is 1. The first kappa shape index (κ1) is 20.1. The van der Waals surface area contributed by atoms with Gasteiger partial charge in [-0.25, -0.2) is 4.39 Å². The zero-order chi connectivity index (χ0) is 21.3. The highest BCUT2D eigenvalue weighted by Crippen LogP contribution is 2.36. The number of anilines is 1. The Balaban J connectivity index is 1.62. The molecule has 0 spiro atoms. The second-order valence-corrected chi connectivity index (χ2v) is 7.38. The van der Waals surface area contributed by atoms with E-state index in [9.17, 15) is 0 Å². The van der Waals surface area contributed by atoms with Crippen LogP contribution in [-0.4, -0.2) is 15.2 Å². The smallest absolute Gasteiger partial charge is 0.249 e. The molecule has 0 unspecified atom stereocenters. The van der Waals surface area contributed by atoms with Crippen LogP contribution in [0.3, 0.4) is 0 Å². The molecule has 30 heavy (non-hydrogen) atoms. The molecule has 4 rings (SSSR count). The summed E-state index contributed by atoms with van der Waals surface area (Å²) >= 11 is 12.1. The standard InChI is InChI=1S/C21H15Cl2FN4O2/c1-11-4-5-26-10-16(11)21-28-27-18(30-21)6-12-2-3-17(23)20(19(12)24)29-15-8-13(22)7-14(25)9-15/h2-5,7-10H,6,25H2,1H3. The molecular weight excluding hydrogens is 430 g/mol. The SMILES string of the molecule is Cc1ccncc1-c1nnc(Cc2ccc(Cl)c(Oc3cc(N)cc(Cl)c3)c2F)o1. The Bertz CT molecular complexity index is 1210. The second-order valence-electron chi connectivity index (χ2n) is 6.54. The number of pyridine rings is 1. The third kappa shape index (κ3) is 4.22. The van der Waals surface area contributed by atoms with Crippen molar-refractivity contribution in [3.05, 3.63) is 81.7 Å². The highest BCUT2D eigenvalue weighted by Gasteiger charge is 2.18. The number of hydrogen-bond donors (Lipinski definition) is 1. The fourth-order valence-electron chi connectivity index (χ4n) is 2.85. The number of rotatable bonds is 5. The minimum Gasteiger partial charge on any atom is -0.453 e. The summed E-state index contributed by atoms with van der Waals surface area (Å²) in [6.07, 6.45) is 3.37. The number of benzene rings is 2. The maximum atomic E-state index is 15.1. The van der Waals surface area contributed by atoms with E-state index in [0.717, 1.165) is 11.1 Å². The number of nitrogen functional groups attached to an aromatic ring is 1. The van der Waals surface area contributed by atoms with E-state index in [1.165, 1.54) is 24.3 Å². The van der Waals surface area contributed by atoms with Crippen molar-refractivity contribution in [1.29, 1.82) is 0 Å². The normalized spacial score (nSPS) is 10.9. The molecule has 0 aliphatic heterocycles. The van der Waals surface area contributed by atoms with Crippen molar-refractivity contribution < 1.29 is 13.5 Å². The molecule has 0 saturated carbocycles. The molecule has 4 aromatic rings. The van der Waals surface area contributed by atoms with Crippen LogP contribution < -0.4 is 10.5 Å². The van der Waals surface area contributed by atoms with Crippen LogP contribution >= 0.6 is 23.2 Å². The summed E-state index contributed by atoms with van der Waals surface area (Å²) in [5, 5.41) is 8.51. The summed E-state index contributed by atoms with van der Waals surface area (Å²) < 4.78 is 26.4. The first-order valence-electron chi connectivity index (χ1n) is 8.85. The molecule has 0 fully saturated rings. The molecule has 152 valence electrons. The molecular formula is C21H15Cl2FN4O2. The van der Waals surface area contributed by atoms with Gasteiger partial charge in [-0.3, -0.25) is 4.98 Å². The van der Waals surface area contributed by atoms with Gasteiger partial charge in [-0.15, -0.1) is 10.2 Å². The molecule has 0 atom stereocenters. The Labute approximate surface area is 181 Å². The van der Waals surface area contributed by atoms with Crippen LogP contribution in [0.5, 0.6) is 11.5 Å². The van der Waals surface area contributed by atoms with Crippen LogP contribution in [0.15, 0.2) is 53.2 Å². The van der Waals surface area contributed by atoms with Gasteiger partial charge in [-0.05, 0) is 36.8 Å². The molecule has 0 aliphatic rings. The van der Waals surface area contributed by atoms with Gasteiger partial charge in [0.2, 0.25) is 11.8 Å².